The number of hydrogen-bond acceptors (Lipinski definition) is 13. The second-order valence-electron chi connectivity index (χ2n) is 15.5. The number of carbonyl (C=O) groups is 10. The first-order chi connectivity index (χ1) is 28.5. The summed E-state index contributed by atoms with van der Waals surface area (Å²) in [6, 6.07) is 8.06. The van der Waals surface area contributed by atoms with Crippen LogP contribution in [0.3, 0.4) is 0 Å². The second kappa shape index (κ2) is 19.7. The summed E-state index contributed by atoms with van der Waals surface area (Å²) in [5.41, 5.74) is 1.94. The van der Waals surface area contributed by atoms with E-state index in [0.717, 1.165) is 9.80 Å². The second-order valence-corrected chi connectivity index (χ2v) is 15.5. The van der Waals surface area contributed by atoms with Crippen LogP contribution >= 0.6 is 0 Å². The number of imide groups is 4. The number of carbonyl (C=O) groups excluding carboxylic acids is 9. The molecule has 2 aromatic rings. The number of carboxylic acids is 1. The molecule has 2 saturated heterocycles. The number of esters is 1. The molecule has 18 nitrogen and oxygen atoms in total. The van der Waals surface area contributed by atoms with Gasteiger partial charge in [-0.1, -0.05) is 24.3 Å². The van der Waals surface area contributed by atoms with E-state index in [0.29, 0.717) is 55.6 Å². The number of aryl methyl sites for hydroxylation is 2. The largest absolute Gasteiger partial charge is 0.481 e. The molecule has 0 bridgehead atoms. The summed E-state index contributed by atoms with van der Waals surface area (Å²) in [5.74, 6) is -5.44. The van der Waals surface area contributed by atoms with Gasteiger partial charge < -0.3 is 19.3 Å². The van der Waals surface area contributed by atoms with Crippen molar-refractivity contribution in [3.63, 3.8) is 0 Å². The Kier molecular flexibility index (Phi) is 14.8. The van der Waals surface area contributed by atoms with Crippen LogP contribution in [-0.2, 0) is 55.8 Å². The average Bonchev–Trinajstić information content (AvgIpc) is 3.58. The third kappa shape index (κ3) is 10.9. The van der Waals surface area contributed by atoms with Crippen molar-refractivity contribution in [3.8, 4) is 0 Å². The van der Waals surface area contributed by atoms with Crippen LogP contribution in [-0.4, -0.2) is 118 Å². The molecule has 2 unspecified atom stereocenters. The van der Waals surface area contributed by atoms with E-state index in [4.69, 9.17) is 19.3 Å². The molecule has 0 aromatic heterocycles. The summed E-state index contributed by atoms with van der Waals surface area (Å²) in [7, 11) is 0. The molecule has 2 aromatic carbocycles. The zero-order chi connectivity index (χ0) is 43.7. The molecule has 0 radical (unpaired) electrons. The van der Waals surface area contributed by atoms with Crippen molar-refractivity contribution in [2.45, 2.75) is 103 Å². The minimum absolute atomic E-state index is 0.0738. The first-order valence-electron chi connectivity index (χ1n) is 19.7. The Balaban J connectivity index is 0.000000230. The maximum Gasteiger partial charge on any atom is 0.308 e. The number of rotatable bonds is 16. The third-order valence-electron chi connectivity index (χ3n) is 9.91. The lowest BCUT2D eigenvalue weighted by Crippen LogP contribution is -2.54. The van der Waals surface area contributed by atoms with Crippen LogP contribution in [0, 0.1) is 0 Å². The number of fused-ring (bicyclic) bond motifs is 2. The number of ether oxygens (including phenoxy) is 3. The van der Waals surface area contributed by atoms with E-state index in [1.54, 1.807) is 57.2 Å². The highest BCUT2D eigenvalue weighted by molar-refractivity contribution is 6.25. The number of hydrogen-bond donors (Lipinski definition) is 3. The fraction of sp³-hybridized carbons (Fsp3) is 0.476. The zero-order valence-corrected chi connectivity index (χ0v) is 33.7. The van der Waals surface area contributed by atoms with Gasteiger partial charge >= 0.3 is 11.9 Å². The van der Waals surface area contributed by atoms with E-state index in [-0.39, 0.29) is 74.4 Å². The van der Waals surface area contributed by atoms with Gasteiger partial charge in [-0.2, -0.15) is 0 Å². The summed E-state index contributed by atoms with van der Waals surface area (Å²) in [4.78, 5) is 123. The number of carboxylic acid groups (broad SMARTS) is 1. The lowest BCUT2D eigenvalue weighted by Gasteiger charge is -2.27. The van der Waals surface area contributed by atoms with Gasteiger partial charge in [0.1, 0.15) is 17.7 Å². The van der Waals surface area contributed by atoms with Crippen molar-refractivity contribution in [1.82, 2.24) is 20.4 Å². The number of amides is 8. The van der Waals surface area contributed by atoms with Crippen LogP contribution < -0.4 is 10.6 Å². The molecular formula is C42H48N4O14. The Morgan fingerprint density at radius 2 is 1.08 bits per heavy atom. The van der Waals surface area contributed by atoms with Gasteiger partial charge in [0.15, 0.2) is 0 Å². The number of nitrogens with zero attached hydrogens (tertiary/aromatic N) is 2. The molecule has 0 spiro atoms. The van der Waals surface area contributed by atoms with Crippen molar-refractivity contribution in [1.29, 1.82) is 0 Å². The van der Waals surface area contributed by atoms with Crippen LogP contribution in [0.2, 0.25) is 0 Å². The van der Waals surface area contributed by atoms with E-state index >= 15 is 0 Å². The molecule has 8 amide bonds. The maximum atomic E-state index is 13.0. The molecule has 4 heterocycles. The topological polar surface area (TPSA) is 249 Å². The summed E-state index contributed by atoms with van der Waals surface area (Å²) in [6.07, 6.45) is 2.58. The molecule has 3 N–H and O–H groups in total. The van der Waals surface area contributed by atoms with Gasteiger partial charge in [-0.15, -0.1) is 0 Å². The van der Waals surface area contributed by atoms with Gasteiger partial charge in [-0.25, -0.2) is 0 Å². The Morgan fingerprint density at radius 3 is 1.48 bits per heavy atom. The molecule has 0 saturated carbocycles. The molecule has 2 fully saturated rings. The molecule has 4 aliphatic heterocycles. The Hall–Kier alpha value is -6.14. The SMILES string of the molecule is CC(C)(C)OC(=O)CCOCCCc1cccc2c1C(=O)N(C1CCC(=O)NC1=O)C2=O.O=C(O)CCOCCCc1cccc2c1C(=O)N(C1CCC(=O)NC1=O)C2=O. The Morgan fingerprint density at radius 1 is 0.650 bits per heavy atom. The van der Waals surface area contributed by atoms with Crippen molar-refractivity contribution >= 4 is 59.2 Å². The first kappa shape index (κ1) is 45.0. The fourth-order valence-corrected chi connectivity index (χ4v) is 7.23. The number of nitrogens with one attached hydrogen (secondary N) is 2. The molecular weight excluding hydrogens is 784 g/mol. The van der Waals surface area contributed by atoms with E-state index < -0.39 is 70.9 Å². The highest BCUT2D eigenvalue weighted by Crippen LogP contribution is 2.32. The monoisotopic (exact) mass is 832 g/mol. The van der Waals surface area contributed by atoms with Crippen molar-refractivity contribution < 1.29 is 67.3 Å². The highest BCUT2D eigenvalue weighted by Gasteiger charge is 2.46. The Labute approximate surface area is 345 Å². The van der Waals surface area contributed by atoms with Gasteiger partial charge in [0.25, 0.3) is 23.6 Å². The van der Waals surface area contributed by atoms with E-state index in [1.165, 1.54) is 0 Å². The molecule has 60 heavy (non-hydrogen) atoms. The summed E-state index contributed by atoms with van der Waals surface area (Å²) in [5, 5.41) is 12.9. The zero-order valence-electron chi connectivity index (χ0n) is 33.7. The summed E-state index contributed by atoms with van der Waals surface area (Å²) < 4.78 is 16.0. The number of aliphatic carboxylic acids is 1. The normalized spacial score (nSPS) is 18.8. The van der Waals surface area contributed by atoms with Crippen LogP contribution in [0.15, 0.2) is 36.4 Å². The van der Waals surface area contributed by atoms with Crippen LogP contribution in [0.4, 0.5) is 0 Å². The molecule has 6 rings (SSSR count). The van der Waals surface area contributed by atoms with E-state index in [1.807, 2.05) is 0 Å². The molecule has 0 aliphatic carbocycles. The lowest BCUT2D eigenvalue weighted by molar-refractivity contribution is -0.156. The van der Waals surface area contributed by atoms with E-state index in [9.17, 15) is 47.9 Å². The lowest BCUT2D eigenvalue weighted by atomic mass is 9.99. The summed E-state index contributed by atoms with van der Waals surface area (Å²) >= 11 is 0. The quantitative estimate of drug-likeness (QED) is 0.125. The van der Waals surface area contributed by atoms with Crippen molar-refractivity contribution in [2.24, 2.45) is 0 Å². The molecule has 4 aliphatic rings. The first-order valence-corrected chi connectivity index (χ1v) is 19.7. The van der Waals surface area contributed by atoms with Crippen molar-refractivity contribution in [3.05, 3.63) is 69.8 Å². The van der Waals surface area contributed by atoms with Gasteiger partial charge in [0.05, 0.1) is 48.3 Å². The minimum atomic E-state index is -0.989. The standard InChI is InChI=1S/C23H28N2O7.C19H20N2O7/c1-23(2,3)32-18(27)11-13-31-12-5-7-14-6-4-8-15-19(14)22(30)25(21(15)29)16-9-10-17(26)24-20(16)28;22-14-7-6-13(17(25)20-14)21-18(26)12-5-1-3-11(16(12)19(21)27)4-2-9-28-10-8-15(23)24/h4,6,8,16H,5,7,9-13H2,1-3H3,(H,24,26,28);1,3,5,13H,2,4,6-10H2,(H,23,24)(H,20,22,25). The molecule has 320 valence electrons. The van der Waals surface area contributed by atoms with Crippen molar-refractivity contribution in [2.75, 3.05) is 26.4 Å². The van der Waals surface area contributed by atoms with Gasteiger partial charge in [0.2, 0.25) is 23.6 Å². The minimum Gasteiger partial charge on any atom is -0.481 e. The van der Waals surface area contributed by atoms with Gasteiger partial charge in [-0.3, -0.25) is 68.4 Å². The molecule has 2 atom stereocenters. The third-order valence-corrected chi connectivity index (χ3v) is 9.91. The van der Waals surface area contributed by atoms with Crippen LogP contribution in [0.25, 0.3) is 0 Å². The predicted octanol–water partition coefficient (Wildman–Crippen LogP) is 2.28. The van der Waals surface area contributed by atoms with Gasteiger partial charge in [-0.05, 0) is 82.6 Å². The average molecular weight is 833 g/mol. The summed E-state index contributed by atoms with van der Waals surface area (Å²) in [6.45, 7) is 6.47. The highest BCUT2D eigenvalue weighted by atomic mass is 16.6. The van der Waals surface area contributed by atoms with Gasteiger partial charge in [0, 0.05) is 26.1 Å². The fourth-order valence-electron chi connectivity index (χ4n) is 7.23. The predicted molar refractivity (Wildman–Crippen MR) is 207 cm³/mol. The smallest absolute Gasteiger partial charge is 0.308 e. The Bertz CT molecular complexity index is 2090. The number of piperidine rings is 2. The number of benzene rings is 2. The molecule has 18 heteroatoms. The van der Waals surface area contributed by atoms with Crippen LogP contribution in [0.1, 0.15) is 125 Å². The van der Waals surface area contributed by atoms with E-state index in [2.05, 4.69) is 10.6 Å². The maximum absolute atomic E-state index is 13.0. The van der Waals surface area contributed by atoms with Crippen LogP contribution in [0.5, 0.6) is 0 Å².